The van der Waals surface area contributed by atoms with E-state index in [9.17, 15) is 9.18 Å². The number of hydrogen-bond donors (Lipinski definition) is 1. The van der Waals surface area contributed by atoms with Crippen molar-refractivity contribution in [3.05, 3.63) is 59.4 Å². The van der Waals surface area contributed by atoms with Crippen LogP contribution < -0.4 is 14.8 Å². The Morgan fingerprint density at radius 1 is 1.19 bits per heavy atom. The summed E-state index contributed by atoms with van der Waals surface area (Å²) in [5, 5.41) is 7.20. The molecular formula is C24H30FN3O4. The number of nitrogens with one attached hydrogen (secondary N) is 1. The minimum absolute atomic E-state index is 0.245. The molecule has 1 unspecified atom stereocenters. The Hall–Kier alpha value is -3.29. The highest BCUT2D eigenvalue weighted by Gasteiger charge is 2.28. The molecule has 1 N–H and O–H groups in total. The lowest BCUT2D eigenvalue weighted by atomic mass is 10.0. The number of ether oxygens (including phenoxy) is 2. The van der Waals surface area contributed by atoms with Crippen molar-refractivity contribution in [1.29, 1.82) is 0 Å². The summed E-state index contributed by atoms with van der Waals surface area (Å²) < 4.78 is 24.3. The van der Waals surface area contributed by atoms with Gasteiger partial charge < -0.3 is 24.5 Å². The standard InChI is InChI=1S/C24H30FN3O4/c1-24(2,3)26-23(29)28(14-16-7-6-8-18(25)11-16)15-19-13-20(27-32-19)17-9-10-21(30-4)22(12-17)31-5/h6-12,19H,13-15H2,1-5H3,(H,26,29). The van der Waals surface area contributed by atoms with Gasteiger partial charge in [0, 0.05) is 24.1 Å². The Bertz CT molecular complexity index is 987. The molecule has 0 saturated carbocycles. The smallest absolute Gasteiger partial charge is 0.318 e. The molecular weight excluding hydrogens is 413 g/mol. The first kappa shape index (κ1) is 23.4. The predicted octanol–water partition coefficient (Wildman–Crippen LogP) is 4.35. The molecule has 1 atom stereocenters. The third-order valence-electron chi connectivity index (χ3n) is 4.91. The van der Waals surface area contributed by atoms with Crippen LogP contribution in [0.2, 0.25) is 0 Å². The van der Waals surface area contributed by atoms with Crippen molar-refractivity contribution in [2.24, 2.45) is 5.16 Å². The fraction of sp³-hybridized carbons (Fsp3) is 0.417. The molecule has 2 aromatic carbocycles. The number of urea groups is 1. The van der Waals surface area contributed by atoms with E-state index in [0.717, 1.165) is 11.3 Å². The molecule has 32 heavy (non-hydrogen) atoms. The number of carbonyl (C=O) groups is 1. The van der Waals surface area contributed by atoms with Crippen molar-refractivity contribution in [3.8, 4) is 11.5 Å². The van der Waals surface area contributed by atoms with E-state index in [1.807, 2.05) is 39.0 Å². The maximum absolute atomic E-state index is 13.7. The lowest BCUT2D eigenvalue weighted by Crippen LogP contribution is -2.50. The molecule has 0 aromatic heterocycles. The Morgan fingerprint density at radius 2 is 1.94 bits per heavy atom. The Morgan fingerprint density at radius 3 is 2.59 bits per heavy atom. The number of hydrogen-bond acceptors (Lipinski definition) is 5. The minimum atomic E-state index is -0.408. The van der Waals surface area contributed by atoms with Crippen molar-refractivity contribution >= 4 is 11.7 Å². The van der Waals surface area contributed by atoms with Gasteiger partial charge in [-0.05, 0) is 56.7 Å². The maximum Gasteiger partial charge on any atom is 0.318 e. The Kier molecular flexibility index (Phi) is 7.22. The van der Waals surface area contributed by atoms with Crippen molar-refractivity contribution in [2.75, 3.05) is 20.8 Å². The van der Waals surface area contributed by atoms with Crippen LogP contribution in [0.3, 0.4) is 0 Å². The quantitative estimate of drug-likeness (QED) is 0.691. The summed E-state index contributed by atoms with van der Waals surface area (Å²) in [6, 6.07) is 11.5. The lowest BCUT2D eigenvalue weighted by molar-refractivity contribution is 0.0580. The number of oxime groups is 1. The van der Waals surface area contributed by atoms with Crippen molar-refractivity contribution in [3.63, 3.8) is 0 Å². The van der Waals surface area contributed by atoms with E-state index in [-0.39, 0.29) is 24.5 Å². The molecule has 2 aromatic rings. The lowest BCUT2D eigenvalue weighted by Gasteiger charge is -2.29. The highest BCUT2D eigenvalue weighted by Crippen LogP contribution is 2.29. The first-order valence-electron chi connectivity index (χ1n) is 10.4. The molecule has 0 bridgehead atoms. The monoisotopic (exact) mass is 443 g/mol. The molecule has 1 heterocycles. The molecule has 2 amide bonds. The van der Waals surface area contributed by atoms with E-state index in [1.165, 1.54) is 12.1 Å². The van der Waals surface area contributed by atoms with Crippen LogP contribution in [0.25, 0.3) is 0 Å². The van der Waals surface area contributed by atoms with Crippen LogP contribution in [0.5, 0.6) is 11.5 Å². The van der Waals surface area contributed by atoms with E-state index in [2.05, 4.69) is 10.5 Å². The van der Waals surface area contributed by atoms with Crippen LogP contribution in [0.1, 0.15) is 38.3 Å². The number of rotatable bonds is 7. The van der Waals surface area contributed by atoms with E-state index in [4.69, 9.17) is 14.3 Å². The maximum atomic E-state index is 13.7. The molecule has 0 saturated heterocycles. The van der Waals surface area contributed by atoms with Gasteiger partial charge in [0.15, 0.2) is 17.6 Å². The van der Waals surface area contributed by atoms with Crippen molar-refractivity contribution in [1.82, 2.24) is 10.2 Å². The molecule has 172 valence electrons. The first-order chi connectivity index (χ1) is 15.2. The second-order valence-corrected chi connectivity index (χ2v) is 8.73. The number of nitrogens with zero attached hydrogens (tertiary/aromatic N) is 2. The van der Waals surface area contributed by atoms with Gasteiger partial charge in [0.1, 0.15) is 5.82 Å². The predicted molar refractivity (Wildman–Crippen MR) is 121 cm³/mol. The summed E-state index contributed by atoms with van der Waals surface area (Å²) in [6.45, 7) is 6.30. The van der Waals surface area contributed by atoms with E-state index in [1.54, 1.807) is 31.3 Å². The number of carbonyl (C=O) groups excluding carboxylic acids is 1. The van der Waals surface area contributed by atoms with Crippen LogP contribution in [0.4, 0.5) is 9.18 Å². The SMILES string of the molecule is COc1ccc(C2=NOC(CN(Cc3cccc(F)c3)C(=O)NC(C)(C)C)C2)cc1OC. The largest absolute Gasteiger partial charge is 0.493 e. The van der Waals surface area contributed by atoms with Gasteiger partial charge in [0.05, 0.1) is 26.5 Å². The third kappa shape index (κ3) is 6.12. The number of benzene rings is 2. The Balaban J connectivity index is 1.72. The van der Waals surface area contributed by atoms with E-state index in [0.29, 0.717) is 30.0 Å². The van der Waals surface area contributed by atoms with E-state index >= 15 is 0 Å². The zero-order valence-corrected chi connectivity index (χ0v) is 19.1. The highest BCUT2D eigenvalue weighted by atomic mass is 19.1. The van der Waals surface area contributed by atoms with Crippen LogP contribution in [-0.2, 0) is 11.4 Å². The molecule has 0 spiro atoms. The van der Waals surface area contributed by atoms with E-state index < -0.39 is 5.54 Å². The molecule has 0 aliphatic carbocycles. The van der Waals surface area contributed by atoms with Gasteiger partial charge in [-0.15, -0.1) is 0 Å². The number of halogens is 1. The van der Waals surface area contributed by atoms with Gasteiger partial charge in [0.2, 0.25) is 0 Å². The summed E-state index contributed by atoms with van der Waals surface area (Å²) in [4.78, 5) is 20.2. The summed E-state index contributed by atoms with van der Waals surface area (Å²) in [6.07, 6.45) is 0.204. The molecule has 3 rings (SSSR count). The fourth-order valence-electron chi connectivity index (χ4n) is 3.43. The zero-order valence-electron chi connectivity index (χ0n) is 19.1. The zero-order chi connectivity index (χ0) is 23.3. The number of methoxy groups -OCH3 is 2. The van der Waals surface area contributed by atoms with Gasteiger partial charge in [0.25, 0.3) is 0 Å². The second kappa shape index (κ2) is 9.89. The van der Waals surface area contributed by atoms with Gasteiger partial charge in [-0.25, -0.2) is 9.18 Å². The second-order valence-electron chi connectivity index (χ2n) is 8.73. The summed E-state index contributed by atoms with van der Waals surface area (Å²) >= 11 is 0. The first-order valence-corrected chi connectivity index (χ1v) is 10.4. The fourth-order valence-corrected chi connectivity index (χ4v) is 3.43. The normalized spacial score (nSPS) is 15.6. The topological polar surface area (TPSA) is 72.4 Å². The Labute approximate surface area is 188 Å². The van der Waals surface area contributed by atoms with Gasteiger partial charge in [-0.3, -0.25) is 0 Å². The van der Waals surface area contributed by atoms with Crippen LogP contribution >= 0.6 is 0 Å². The average Bonchev–Trinajstić information content (AvgIpc) is 3.20. The average molecular weight is 444 g/mol. The van der Waals surface area contributed by atoms with Gasteiger partial charge in [-0.2, -0.15) is 0 Å². The van der Waals surface area contributed by atoms with Crippen LogP contribution in [0, 0.1) is 5.82 Å². The third-order valence-corrected chi connectivity index (χ3v) is 4.91. The molecule has 0 fully saturated rings. The molecule has 8 heteroatoms. The van der Waals surface area contributed by atoms with Crippen LogP contribution in [0.15, 0.2) is 47.6 Å². The molecule has 0 radical (unpaired) electrons. The van der Waals surface area contributed by atoms with Crippen molar-refractivity contribution < 1.29 is 23.5 Å². The molecule has 1 aliphatic heterocycles. The minimum Gasteiger partial charge on any atom is -0.493 e. The van der Waals surface area contributed by atoms with Crippen molar-refractivity contribution in [2.45, 2.75) is 45.4 Å². The summed E-state index contributed by atoms with van der Waals surface area (Å²) in [7, 11) is 3.16. The molecule has 1 aliphatic rings. The number of amides is 2. The van der Waals surface area contributed by atoms with Gasteiger partial charge >= 0.3 is 6.03 Å². The molecule has 7 nitrogen and oxygen atoms in total. The summed E-state index contributed by atoms with van der Waals surface area (Å²) in [5.74, 6) is 0.899. The van der Waals surface area contributed by atoms with Gasteiger partial charge in [-0.1, -0.05) is 17.3 Å². The summed E-state index contributed by atoms with van der Waals surface area (Å²) in [5.41, 5.74) is 1.92. The highest BCUT2D eigenvalue weighted by molar-refractivity contribution is 6.01. The van der Waals surface area contributed by atoms with Crippen LogP contribution in [-0.4, -0.2) is 49.0 Å².